The van der Waals surface area contributed by atoms with Crippen molar-refractivity contribution >= 4 is 5.91 Å². The summed E-state index contributed by atoms with van der Waals surface area (Å²) in [7, 11) is 1.49. The van der Waals surface area contributed by atoms with Crippen molar-refractivity contribution in [3.8, 4) is 11.5 Å². The number of carbonyl (C=O) groups is 1. The summed E-state index contributed by atoms with van der Waals surface area (Å²) in [5.41, 5.74) is 0.821. The number of nitrogens with one attached hydrogen (secondary N) is 1. The summed E-state index contributed by atoms with van der Waals surface area (Å²) in [5.74, 6) is 1.15. The number of benzene rings is 1. The third-order valence-electron chi connectivity index (χ3n) is 4.82. The first-order valence-corrected chi connectivity index (χ1v) is 8.83. The number of methoxy groups -OCH3 is 1. The Hall–Kier alpha value is -1.78. The molecule has 0 radical (unpaired) electrons. The van der Waals surface area contributed by atoms with Crippen molar-refractivity contribution in [1.82, 2.24) is 5.32 Å². The highest BCUT2D eigenvalue weighted by Crippen LogP contribution is 2.29. The number of carbonyl (C=O) groups excluding carboxylic acids is 1. The Balaban J connectivity index is 1.73. The van der Waals surface area contributed by atoms with Crippen LogP contribution in [-0.2, 0) is 11.2 Å². The third kappa shape index (κ3) is 5.69. The summed E-state index contributed by atoms with van der Waals surface area (Å²) in [6, 6.07) is 5.22. The van der Waals surface area contributed by atoms with Crippen LogP contribution in [0.4, 0.5) is 4.39 Å². The molecule has 1 amide bonds. The van der Waals surface area contributed by atoms with Crippen LogP contribution in [0.3, 0.4) is 0 Å². The van der Waals surface area contributed by atoms with Gasteiger partial charge < -0.3 is 15.2 Å². The van der Waals surface area contributed by atoms with Crippen LogP contribution < -0.4 is 10.1 Å². The quantitative estimate of drug-likeness (QED) is 0.710. The van der Waals surface area contributed by atoms with Gasteiger partial charge in [-0.05, 0) is 55.7 Å². The smallest absolute Gasteiger partial charge is 0.224 e. The van der Waals surface area contributed by atoms with Crippen molar-refractivity contribution in [3.05, 3.63) is 23.8 Å². The number of rotatable bonds is 8. The first-order valence-electron chi connectivity index (χ1n) is 8.83. The first kappa shape index (κ1) is 18.6. The fraction of sp³-hybridized carbons (Fsp3) is 0.632. The molecule has 0 unspecified atom stereocenters. The van der Waals surface area contributed by atoms with Gasteiger partial charge in [-0.3, -0.25) is 9.18 Å². The lowest BCUT2D eigenvalue weighted by molar-refractivity contribution is -0.121. The summed E-state index contributed by atoms with van der Waals surface area (Å²) in [6.45, 7) is -0.215. The maximum absolute atomic E-state index is 12.2. The van der Waals surface area contributed by atoms with Gasteiger partial charge in [0.1, 0.15) is 0 Å². The maximum Gasteiger partial charge on any atom is 0.224 e. The van der Waals surface area contributed by atoms with Crippen LogP contribution in [0.5, 0.6) is 11.5 Å². The Morgan fingerprint density at radius 2 is 2.04 bits per heavy atom. The molecule has 2 N–H and O–H groups in total. The summed E-state index contributed by atoms with van der Waals surface area (Å²) in [6.07, 6.45) is 7.28. The van der Waals surface area contributed by atoms with Gasteiger partial charge in [-0.1, -0.05) is 18.9 Å². The Morgan fingerprint density at radius 3 is 2.71 bits per heavy atom. The average Bonchev–Trinajstić information content (AvgIpc) is 2.58. The summed E-state index contributed by atoms with van der Waals surface area (Å²) >= 11 is 0. The van der Waals surface area contributed by atoms with E-state index >= 15 is 0 Å². The van der Waals surface area contributed by atoms with E-state index in [0.29, 0.717) is 18.1 Å². The highest BCUT2D eigenvalue weighted by molar-refractivity contribution is 5.79. The van der Waals surface area contributed by atoms with Gasteiger partial charge in [0.05, 0.1) is 20.2 Å². The Kier molecular flexibility index (Phi) is 7.35. The lowest BCUT2D eigenvalue weighted by atomic mass is 9.83. The predicted octanol–water partition coefficient (Wildman–Crippen LogP) is 3.76. The van der Waals surface area contributed by atoms with E-state index in [1.807, 2.05) is 0 Å². The van der Waals surface area contributed by atoms with Gasteiger partial charge in [-0.15, -0.1) is 0 Å². The lowest BCUT2D eigenvalue weighted by Gasteiger charge is -2.29. The highest BCUT2D eigenvalue weighted by Gasteiger charge is 2.22. The zero-order valence-corrected chi connectivity index (χ0v) is 14.4. The standard InChI is InChI=1S/C19H28FNO3/c1-24-18-12-15(7-10-17(18)22)13-19(23)21-16-8-5-14(6-9-16)4-2-3-11-20/h7,10,12,14,16,22H,2-6,8-9,11,13H2,1H3,(H,21,23). The van der Waals surface area contributed by atoms with Gasteiger partial charge in [0.2, 0.25) is 5.91 Å². The number of ether oxygens (including phenoxy) is 1. The van der Waals surface area contributed by atoms with Crippen molar-refractivity contribution in [1.29, 1.82) is 0 Å². The molecule has 2 rings (SSSR count). The van der Waals surface area contributed by atoms with E-state index in [-0.39, 0.29) is 30.8 Å². The molecule has 0 heterocycles. The minimum Gasteiger partial charge on any atom is -0.504 e. The number of aromatic hydroxyl groups is 1. The molecule has 0 aliphatic heterocycles. The molecule has 1 aliphatic rings. The largest absolute Gasteiger partial charge is 0.504 e. The SMILES string of the molecule is COc1cc(CC(=O)NC2CCC(CCCCF)CC2)ccc1O. The van der Waals surface area contributed by atoms with Crippen molar-refractivity contribution in [2.24, 2.45) is 5.92 Å². The fourth-order valence-corrected chi connectivity index (χ4v) is 3.42. The van der Waals surface area contributed by atoms with Crippen LogP contribution in [0.15, 0.2) is 18.2 Å². The molecular formula is C19H28FNO3. The molecule has 4 nitrogen and oxygen atoms in total. The second-order valence-corrected chi connectivity index (χ2v) is 6.65. The number of alkyl halides is 1. The molecule has 134 valence electrons. The van der Waals surface area contributed by atoms with Gasteiger partial charge >= 0.3 is 0 Å². The minimum absolute atomic E-state index is 0.00335. The van der Waals surface area contributed by atoms with E-state index in [2.05, 4.69) is 5.32 Å². The number of hydrogen-bond acceptors (Lipinski definition) is 3. The number of halogens is 1. The van der Waals surface area contributed by atoms with Crippen LogP contribution in [-0.4, -0.2) is 30.8 Å². The van der Waals surface area contributed by atoms with Gasteiger partial charge in [0, 0.05) is 6.04 Å². The number of phenolic OH excluding ortho intramolecular Hbond substituents is 1. The molecule has 1 saturated carbocycles. The molecule has 0 spiro atoms. The van der Waals surface area contributed by atoms with Crippen LogP contribution >= 0.6 is 0 Å². The lowest BCUT2D eigenvalue weighted by Crippen LogP contribution is -2.38. The number of hydrogen-bond donors (Lipinski definition) is 2. The Labute approximate surface area is 143 Å². The van der Waals surface area contributed by atoms with Crippen molar-refractivity contribution < 1.29 is 19.0 Å². The van der Waals surface area contributed by atoms with Crippen LogP contribution in [0.25, 0.3) is 0 Å². The molecule has 0 atom stereocenters. The van der Waals surface area contributed by atoms with E-state index in [1.165, 1.54) is 7.11 Å². The van der Waals surface area contributed by atoms with Crippen LogP contribution in [0.1, 0.15) is 50.5 Å². The molecule has 0 aromatic heterocycles. The van der Waals surface area contributed by atoms with Crippen molar-refractivity contribution in [3.63, 3.8) is 0 Å². The molecule has 24 heavy (non-hydrogen) atoms. The second kappa shape index (κ2) is 9.50. The van der Waals surface area contributed by atoms with E-state index < -0.39 is 0 Å². The number of amides is 1. The predicted molar refractivity (Wildman–Crippen MR) is 92.1 cm³/mol. The zero-order chi connectivity index (χ0) is 17.4. The topological polar surface area (TPSA) is 58.6 Å². The second-order valence-electron chi connectivity index (χ2n) is 6.65. The third-order valence-corrected chi connectivity index (χ3v) is 4.82. The monoisotopic (exact) mass is 337 g/mol. The molecule has 0 saturated heterocycles. The molecule has 1 aromatic carbocycles. The summed E-state index contributed by atoms with van der Waals surface area (Å²) in [5, 5.41) is 12.7. The number of phenols is 1. The Bertz CT molecular complexity index is 527. The summed E-state index contributed by atoms with van der Waals surface area (Å²) in [4.78, 5) is 12.2. The first-order chi connectivity index (χ1) is 11.6. The average molecular weight is 337 g/mol. The van der Waals surface area contributed by atoms with Crippen LogP contribution in [0.2, 0.25) is 0 Å². The van der Waals surface area contributed by atoms with Gasteiger partial charge in [0.15, 0.2) is 11.5 Å². The molecule has 1 aliphatic carbocycles. The van der Waals surface area contributed by atoms with E-state index in [0.717, 1.165) is 44.1 Å². The molecule has 0 bridgehead atoms. The normalized spacial score (nSPS) is 20.6. The Morgan fingerprint density at radius 1 is 1.29 bits per heavy atom. The van der Waals surface area contributed by atoms with Crippen molar-refractivity contribution in [2.45, 2.75) is 57.4 Å². The molecular weight excluding hydrogens is 309 g/mol. The maximum atomic E-state index is 12.2. The van der Waals surface area contributed by atoms with Gasteiger partial charge in [-0.25, -0.2) is 0 Å². The molecule has 1 aromatic rings. The van der Waals surface area contributed by atoms with Crippen LogP contribution in [0, 0.1) is 5.92 Å². The van der Waals surface area contributed by atoms with E-state index in [9.17, 15) is 14.3 Å². The highest BCUT2D eigenvalue weighted by atomic mass is 19.1. The minimum atomic E-state index is -0.215. The molecule has 5 heteroatoms. The zero-order valence-electron chi connectivity index (χ0n) is 14.4. The van der Waals surface area contributed by atoms with Crippen molar-refractivity contribution in [2.75, 3.05) is 13.8 Å². The molecule has 1 fully saturated rings. The fourth-order valence-electron chi connectivity index (χ4n) is 3.42. The van der Waals surface area contributed by atoms with Gasteiger partial charge in [-0.2, -0.15) is 0 Å². The summed E-state index contributed by atoms with van der Waals surface area (Å²) < 4.78 is 17.2. The van der Waals surface area contributed by atoms with E-state index in [4.69, 9.17) is 4.74 Å². The van der Waals surface area contributed by atoms with E-state index in [1.54, 1.807) is 18.2 Å². The van der Waals surface area contributed by atoms with Gasteiger partial charge in [0.25, 0.3) is 0 Å². The number of unbranched alkanes of at least 4 members (excludes halogenated alkanes) is 1.